The van der Waals surface area contributed by atoms with Crippen molar-refractivity contribution >= 4 is 32.6 Å². The molecule has 0 saturated heterocycles. The third-order valence-corrected chi connectivity index (χ3v) is 6.33. The van der Waals surface area contributed by atoms with Crippen molar-refractivity contribution < 1.29 is 38.3 Å². The molecule has 0 spiro atoms. The molecular weight excluding hydrogens is 346 g/mol. The van der Waals surface area contributed by atoms with Gasteiger partial charge in [-0.2, -0.15) is 0 Å². The molecule has 3 atom stereocenters. The normalized spacial score (nSPS) is 16.2. The minimum atomic E-state index is -3.58. The molecule has 0 saturated carbocycles. The number of benzene rings is 1. The van der Waals surface area contributed by atoms with Gasteiger partial charge in [0.2, 0.25) is 7.37 Å². The largest absolute Gasteiger partial charge is 0.481 e. The first-order valence-electron chi connectivity index (χ1n) is 6.70. The Morgan fingerprint density at radius 2 is 1.83 bits per heavy atom. The molecule has 23 heavy (non-hydrogen) atoms. The monoisotopic (exact) mass is 364 g/mol. The number of aliphatic carboxylic acids is 2. The van der Waals surface area contributed by atoms with Gasteiger partial charge >= 0.3 is 11.9 Å². The molecule has 0 amide bonds. The average molecular weight is 364 g/mol. The van der Waals surface area contributed by atoms with Gasteiger partial charge in [-0.1, -0.05) is 18.2 Å². The first-order chi connectivity index (χ1) is 10.7. The van der Waals surface area contributed by atoms with Crippen LogP contribution < -0.4 is 5.30 Å². The van der Waals surface area contributed by atoms with Crippen molar-refractivity contribution in [3.8, 4) is 0 Å². The smallest absolute Gasteiger partial charge is 0.309 e. The number of rotatable bonds is 10. The Hall–Kier alpha value is -1.46. The van der Waals surface area contributed by atoms with Crippen molar-refractivity contribution in [2.45, 2.75) is 6.42 Å². The van der Waals surface area contributed by atoms with Gasteiger partial charge in [-0.3, -0.25) is 18.7 Å². The van der Waals surface area contributed by atoms with Gasteiger partial charge in [-0.05, 0) is 12.1 Å². The quantitative estimate of drug-likeness (QED) is 0.527. The van der Waals surface area contributed by atoms with Gasteiger partial charge in [-0.15, -0.1) is 0 Å². The first-order valence-corrected chi connectivity index (χ1v) is 10.1. The van der Waals surface area contributed by atoms with Crippen LogP contribution in [0.1, 0.15) is 6.42 Å². The van der Waals surface area contributed by atoms with Crippen molar-refractivity contribution in [2.24, 2.45) is 5.92 Å². The standard InChI is InChI=1S/C13H18O8P2/c14-12(15)6-7-23(20,11-4-2-1-3-5-11)21-8-10(13(16)17)9-22(18)19/h1-5,10,22H,6-9H2,(H,14,15)(H,16,17)(H,18,19). The third-order valence-electron chi connectivity index (χ3n) is 3.02. The van der Waals surface area contributed by atoms with Crippen molar-refractivity contribution in [1.82, 2.24) is 0 Å². The molecule has 0 aliphatic heterocycles. The molecule has 0 heterocycles. The number of carboxylic acids is 2. The lowest BCUT2D eigenvalue weighted by molar-refractivity contribution is -0.142. The van der Waals surface area contributed by atoms with E-state index in [-0.39, 0.29) is 11.5 Å². The fourth-order valence-corrected chi connectivity index (χ4v) is 4.59. The van der Waals surface area contributed by atoms with E-state index in [9.17, 15) is 18.7 Å². The Balaban J connectivity index is 2.92. The molecule has 1 aromatic carbocycles. The van der Waals surface area contributed by atoms with Gasteiger partial charge in [-0.25, -0.2) is 0 Å². The maximum atomic E-state index is 12.9. The summed E-state index contributed by atoms with van der Waals surface area (Å²) in [5.41, 5.74) is 0. The predicted molar refractivity (Wildman–Crippen MR) is 84.0 cm³/mol. The number of hydrogen-bond donors (Lipinski definition) is 3. The van der Waals surface area contributed by atoms with E-state index in [1.165, 1.54) is 12.1 Å². The lowest BCUT2D eigenvalue weighted by atomic mass is 10.2. The summed E-state index contributed by atoms with van der Waals surface area (Å²) in [6.07, 6.45) is -1.18. The second-order valence-corrected chi connectivity index (χ2v) is 8.57. The van der Waals surface area contributed by atoms with E-state index in [4.69, 9.17) is 19.6 Å². The van der Waals surface area contributed by atoms with Crippen LogP contribution in [0.4, 0.5) is 0 Å². The second-order valence-electron chi connectivity index (χ2n) is 4.81. The van der Waals surface area contributed by atoms with Crippen LogP contribution >= 0.6 is 15.4 Å². The highest BCUT2D eigenvalue weighted by Gasteiger charge is 2.30. The first kappa shape index (κ1) is 19.6. The zero-order valence-corrected chi connectivity index (χ0v) is 14.0. The number of hydrogen-bond acceptors (Lipinski definition) is 5. The molecule has 0 aliphatic rings. The maximum Gasteiger partial charge on any atom is 0.309 e. The summed E-state index contributed by atoms with van der Waals surface area (Å²) in [5, 5.41) is 18.1. The van der Waals surface area contributed by atoms with E-state index in [0.717, 1.165) is 0 Å². The molecule has 1 rings (SSSR count). The van der Waals surface area contributed by atoms with E-state index < -0.39 is 52.4 Å². The summed E-state index contributed by atoms with van der Waals surface area (Å²) in [4.78, 5) is 30.7. The highest BCUT2D eigenvalue weighted by atomic mass is 31.2. The third kappa shape index (κ3) is 6.67. The van der Waals surface area contributed by atoms with Gasteiger partial charge in [0.1, 0.15) is 0 Å². The number of carbonyl (C=O) groups is 2. The lowest BCUT2D eigenvalue weighted by Gasteiger charge is -2.20. The Morgan fingerprint density at radius 1 is 1.22 bits per heavy atom. The van der Waals surface area contributed by atoms with Crippen LogP contribution in [0.25, 0.3) is 0 Å². The summed E-state index contributed by atoms with van der Waals surface area (Å²) < 4.78 is 29.0. The zero-order valence-electron chi connectivity index (χ0n) is 12.1. The topological polar surface area (TPSA) is 138 Å². The Bertz CT molecular complexity index is 616. The van der Waals surface area contributed by atoms with Gasteiger partial charge in [0.15, 0.2) is 8.03 Å². The average Bonchev–Trinajstić information content (AvgIpc) is 2.49. The molecule has 0 fully saturated rings. The van der Waals surface area contributed by atoms with Crippen LogP contribution in [0.15, 0.2) is 30.3 Å². The Morgan fingerprint density at radius 3 is 2.30 bits per heavy atom. The van der Waals surface area contributed by atoms with Crippen LogP contribution in [-0.2, 0) is 23.2 Å². The van der Waals surface area contributed by atoms with E-state index >= 15 is 0 Å². The fraction of sp³-hybridized carbons (Fsp3) is 0.385. The van der Waals surface area contributed by atoms with Crippen LogP contribution in [0.3, 0.4) is 0 Å². The van der Waals surface area contributed by atoms with E-state index in [1.54, 1.807) is 18.2 Å². The molecule has 10 heteroatoms. The highest BCUT2D eigenvalue weighted by molar-refractivity contribution is 7.67. The van der Waals surface area contributed by atoms with Crippen molar-refractivity contribution in [3.05, 3.63) is 30.3 Å². The van der Waals surface area contributed by atoms with Crippen molar-refractivity contribution in [3.63, 3.8) is 0 Å². The molecule has 0 aromatic heterocycles. The lowest BCUT2D eigenvalue weighted by Crippen LogP contribution is -2.24. The molecule has 128 valence electrons. The SMILES string of the molecule is O=C(O)CCP(=O)(OCC(C[PH](=O)O)C(=O)O)c1ccccc1. The van der Waals surface area contributed by atoms with E-state index in [1.807, 2.05) is 0 Å². The minimum absolute atomic E-state index is 0.280. The fourth-order valence-electron chi connectivity index (χ4n) is 1.80. The van der Waals surface area contributed by atoms with Crippen molar-refractivity contribution in [1.29, 1.82) is 0 Å². The highest BCUT2D eigenvalue weighted by Crippen LogP contribution is 2.46. The summed E-state index contributed by atoms with van der Waals surface area (Å²) in [6, 6.07) is 7.91. The van der Waals surface area contributed by atoms with Crippen molar-refractivity contribution in [2.75, 3.05) is 18.9 Å². The van der Waals surface area contributed by atoms with Crippen LogP contribution in [0.2, 0.25) is 0 Å². The molecule has 0 bridgehead atoms. The van der Waals surface area contributed by atoms with Gasteiger partial charge < -0.3 is 19.6 Å². The minimum Gasteiger partial charge on any atom is -0.481 e. The van der Waals surface area contributed by atoms with Crippen LogP contribution in [0, 0.1) is 5.92 Å². The van der Waals surface area contributed by atoms with Crippen LogP contribution in [0.5, 0.6) is 0 Å². The van der Waals surface area contributed by atoms with Gasteiger partial charge in [0, 0.05) is 17.6 Å². The Kier molecular flexibility index (Phi) is 7.65. The summed E-state index contributed by atoms with van der Waals surface area (Å²) in [5.74, 6) is -3.77. The molecule has 0 radical (unpaired) electrons. The predicted octanol–water partition coefficient (Wildman–Crippen LogP) is 1.25. The van der Waals surface area contributed by atoms with E-state index in [2.05, 4.69) is 0 Å². The molecule has 3 N–H and O–H groups in total. The van der Waals surface area contributed by atoms with Crippen LogP contribution in [-0.4, -0.2) is 46.0 Å². The molecule has 8 nitrogen and oxygen atoms in total. The zero-order chi connectivity index (χ0) is 17.5. The van der Waals surface area contributed by atoms with Gasteiger partial charge in [0.25, 0.3) is 0 Å². The number of carboxylic acid groups (broad SMARTS) is 2. The Labute approximate surface area is 133 Å². The van der Waals surface area contributed by atoms with E-state index in [0.29, 0.717) is 0 Å². The molecular formula is C13H18O8P2. The van der Waals surface area contributed by atoms with Gasteiger partial charge in [0.05, 0.1) is 18.9 Å². The maximum absolute atomic E-state index is 12.9. The molecule has 1 aromatic rings. The summed E-state index contributed by atoms with van der Waals surface area (Å²) in [6.45, 7) is -0.530. The summed E-state index contributed by atoms with van der Waals surface area (Å²) in [7, 11) is -6.61. The molecule has 0 aliphatic carbocycles. The molecule has 3 unspecified atom stereocenters. The second kappa shape index (κ2) is 8.99. The summed E-state index contributed by atoms with van der Waals surface area (Å²) >= 11 is 0.